The van der Waals surface area contributed by atoms with Crippen LogP contribution in [0, 0.1) is 0 Å². The third-order valence-electron chi connectivity index (χ3n) is 2.44. The second-order valence-electron chi connectivity index (χ2n) is 4.18. The zero-order valence-electron chi connectivity index (χ0n) is 10.2. The van der Waals surface area contributed by atoms with Gasteiger partial charge in [-0.2, -0.15) is 5.10 Å². The number of hydrogen-bond donors (Lipinski definition) is 1. The molecule has 0 aliphatic rings. The summed E-state index contributed by atoms with van der Waals surface area (Å²) in [5, 5.41) is 4.10. The van der Waals surface area contributed by atoms with E-state index in [1.54, 1.807) is 12.3 Å². The van der Waals surface area contributed by atoms with Crippen molar-refractivity contribution in [3.8, 4) is 0 Å². The monoisotopic (exact) mass is 224 g/mol. The SMILES string of the molecule is CCCC(N)Cn1ncc(N(C)C)cc1=O. The molecule has 0 saturated carbocycles. The van der Waals surface area contributed by atoms with Gasteiger partial charge in [0, 0.05) is 26.2 Å². The van der Waals surface area contributed by atoms with Crippen LogP contribution in [0.3, 0.4) is 0 Å². The molecule has 0 fully saturated rings. The molecule has 0 aliphatic carbocycles. The third-order valence-corrected chi connectivity index (χ3v) is 2.44. The predicted octanol–water partition coefficient (Wildman–Crippen LogP) is 0.437. The van der Waals surface area contributed by atoms with Gasteiger partial charge in [-0.1, -0.05) is 13.3 Å². The van der Waals surface area contributed by atoms with Crippen molar-refractivity contribution in [3.63, 3.8) is 0 Å². The molecule has 90 valence electrons. The molecule has 0 aromatic carbocycles. The number of rotatable bonds is 5. The fourth-order valence-corrected chi connectivity index (χ4v) is 1.49. The Labute approximate surface area is 95.9 Å². The lowest BCUT2D eigenvalue weighted by atomic mass is 10.2. The van der Waals surface area contributed by atoms with E-state index in [-0.39, 0.29) is 11.6 Å². The van der Waals surface area contributed by atoms with E-state index in [0.29, 0.717) is 6.54 Å². The molecule has 2 N–H and O–H groups in total. The molecule has 1 rings (SSSR count). The topological polar surface area (TPSA) is 64.2 Å². The minimum absolute atomic E-state index is 0.000376. The summed E-state index contributed by atoms with van der Waals surface area (Å²) in [4.78, 5) is 13.6. The highest BCUT2D eigenvalue weighted by Crippen LogP contribution is 2.03. The van der Waals surface area contributed by atoms with Crippen LogP contribution in [0.5, 0.6) is 0 Å². The lowest BCUT2D eigenvalue weighted by Gasteiger charge is -2.14. The van der Waals surface area contributed by atoms with E-state index in [2.05, 4.69) is 12.0 Å². The average Bonchev–Trinajstić information content (AvgIpc) is 2.21. The predicted molar refractivity (Wildman–Crippen MR) is 65.7 cm³/mol. The number of hydrogen-bond acceptors (Lipinski definition) is 4. The number of nitrogens with two attached hydrogens (primary N) is 1. The fraction of sp³-hybridized carbons (Fsp3) is 0.636. The first-order valence-corrected chi connectivity index (χ1v) is 5.54. The maximum atomic E-state index is 11.7. The van der Waals surface area contributed by atoms with Gasteiger partial charge in [0.1, 0.15) is 0 Å². The zero-order chi connectivity index (χ0) is 12.1. The average molecular weight is 224 g/mol. The van der Waals surface area contributed by atoms with Gasteiger partial charge >= 0.3 is 0 Å². The highest BCUT2D eigenvalue weighted by atomic mass is 16.1. The van der Waals surface area contributed by atoms with E-state index in [9.17, 15) is 4.79 Å². The standard InChI is InChI=1S/C11H20N4O/c1-4-5-9(12)8-15-11(16)6-10(7-13-15)14(2)3/h6-7,9H,4-5,8,12H2,1-3H3. The number of nitrogens with zero attached hydrogens (tertiary/aromatic N) is 3. The summed E-state index contributed by atoms with van der Waals surface area (Å²) in [5.41, 5.74) is 6.58. The van der Waals surface area contributed by atoms with Gasteiger partial charge in [-0.05, 0) is 6.42 Å². The van der Waals surface area contributed by atoms with Crippen LogP contribution in [0.4, 0.5) is 5.69 Å². The van der Waals surface area contributed by atoms with Crippen molar-refractivity contribution in [1.29, 1.82) is 0 Å². The summed E-state index contributed by atoms with van der Waals surface area (Å²) in [6, 6.07) is 1.58. The highest BCUT2D eigenvalue weighted by molar-refractivity contribution is 5.40. The molecule has 1 atom stereocenters. The minimum atomic E-state index is -0.0993. The van der Waals surface area contributed by atoms with Crippen LogP contribution in [0.15, 0.2) is 17.1 Å². The van der Waals surface area contributed by atoms with Gasteiger partial charge in [0.05, 0.1) is 18.4 Å². The van der Waals surface area contributed by atoms with Crippen molar-refractivity contribution < 1.29 is 0 Å². The third kappa shape index (κ3) is 3.34. The summed E-state index contributed by atoms with van der Waals surface area (Å²) >= 11 is 0. The Balaban J connectivity index is 2.79. The molecular formula is C11H20N4O. The zero-order valence-corrected chi connectivity index (χ0v) is 10.2. The van der Waals surface area contributed by atoms with Crippen molar-refractivity contribution in [2.75, 3.05) is 19.0 Å². The second kappa shape index (κ2) is 5.65. The summed E-state index contributed by atoms with van der Waals surface area (Å²) in [6.07, 6.45) is 3.61. The van der Waals surface area contributed by atoms with Crippen molar-refractivity contribution in [2.45, 2.75) is 32.4 Å². The molecule has 1 heterocycles. The molecule has 0 radical (unpaired) electrons. The molecule has 16 heavy (non-hydrogen) atoms. The Morgan fingerprint density at radius 3 is 2.75 bits per heavy atom. The van der Waals surface area contributed by atoms with Gasteiger partial charge in [0.25, 0.3) is 5.56 Å². The summed E-state index contributed by atoms with van der Waals surface area (Å²) in [5.74, 6) is 0. The van der Waals surface area contributed by atoms with Gasteiger partial charge < -0.3 is 10.6 Å². The molecule has 0 aliphatic heterocycles. The summed E-state index contributed by atoms with van der Waals surface area (Å²) < 4.78 is 1.42. The minimum Gasteiger partial charge on any atom is -0.376 e. The first-order chi connectivity index (χ1) is 7.54. The Morgan fingerprint density at radius 2 is 2.25 bits per heavy atom. The molecule has 1 aromatic heterocycles. The fourth-order valence-electron chi connectivity index (χ4n) is 1.49. The summed E-state index contributed by atoms with van der Waals surface area (Å²) in [6.45, 7) is 2.56. The van der Waals surface area contributed by atoms with Gasteiger partial charge in [-0.15, -0.1) is 0 Å². The molecule has 0 bridgehead atoms. The van der Waals surface area contributed by atoms with Crippen molar-refractivity contribution in [2.24, 2.45) is 5.73 Å². The Kier molecular flexibility index (Phi) is 4.49. The lowest BCUT2D eigenvalue weighted by Crippen LogP contribution is -2.33. The molecular weight excluding hydrogens is 204 g/mol. The largest absolute Gasteiger partial charge is 0.376 e. The molecule has 0 amide bonds. The quantitative estimate of drug-likeness (QED) is 0.788. The molecule has 1 unspecified atom stereocenters. The first kappa shape index (κ1) is 12.7. The Hall–Kier alpha value is -1.36. The van der Waals surface area contributed by atoms with E-state index in [1.807, 2.05) is 19.0 Å². The van der Waals surface area contributed by atoms with Crippen molar-refractivity contribution >= 4 is 5.69 Å². The molecule has 5 heteroatoms. The van der Waals surface area contributed by atoms with Crippen LogP contribution in [-0.4, -0.2) is 29.9 Å². The van der Waals surface area contributed by atoms with E-state index < -0.39 is 0 Å². The van der Waals surface area contributed by atoms with E-state index in [0.717, 1.165) is 18.5 Å². The van der Waals surface area contributed by atoms with Gasteiger partial charge in [-0.25, -0.2) is 4.68 Å². The van der Waals surface area contributed by atoms with Crippen LogP contribution in [0.1, 0.15) is 19.8 Å². The van der Waals surface area contributed by atoms with Gasteiger partial charge in [-0.3, -0.25) is 4.79 Å². The van der Waals surface area contributed by atoms with Crippen molar-refractivity contribution in [3.05, 3.63) is 22.6 Å². The van der Waals surface area contributed by atoms with E-state index in [4.69, 9.17) is 5.73 Å². The van der Waals surface area contributed by atoms with E-state index >= 15 is 0 Å². The van der Waals surface area contributed by atoms with Crippen LogP contribution >= 0.6 is 0 Å². The Bertz CT molecular complexity index is 386. The van der Waals surface area contributed by atoms with E-state index in [1.165, 1.54) is 4.68 Å². The highest BCUT2D eigenvalue weighted by Gasteiger charge is 2.06. The number of anilines is 1. The second-order valence-corrected chi connectivity index (χ2v) is 4.18. The maximum Gasteiger partial charge on any atom is 0.268 e. The Morgan fingerprint density at radius 1 is 1.56 bits per heavy atom. The smallest absolute Gasteiger partial charge is 0.268 e. The molecule has 0 spiro atoms. The van der Waals surface area contributed by atoms with Gasteiger partial charge in [0.2, 0.25) is 0 Å². The lowest BCUT2D eigenvalue weighted by molar-refractivity contribution is 0.465. The van der Waals surface area contributed by atoms with Crippen molar-refractivity contribution in [1.82, 2.24) is 9.78 Å². The molecule has 1 aromatic rings. The van der Waals surface area contributed by atoms with Crippen LogP contribution in [-0.2, 0) is 6.54 Å². The first-order valence-electron chi connectivity index (χ1n) is 5.54. The molecule has 0 saturated heterocycles. The van der Waals surface area contributed by atoms with Crippen LogP contribution in [0.25, 0.3) is 0 Å². The number of aromatic nitrogens is 2. The maximum absolute atomic E-state index is 11.7. The van der Waals surface area contributed by atoms with Crippen LogP contribution < -0.4 is 16.2 Å². The molecule has 5 nitrogen and oxygen atoms in total. The van der Waals surface area contributed by atoms with Crippen LogP contribution in [0.2, 0.25) is 0 Å². The normalized spacial score (nSPS) is 12.5. The van der Waals surface area contributed by atoms with Gasteiger partial charge in [0.15, 0.2) is 0 Å². The summed E-state index contributed by atoms with van der Waals surface area (Å²) in [7, 11) is 3.76.